The Morgan fingerprint density at radius 3 is 2.38 bits per heavy atom. The van der Waals surface area contributed by atoms with Crippen LogP contribution in [0.15, 0.2) is 34.8 Å². The molecule has 0 spiro atoms. The highest BCUT2D eigenvalue weighted by atomic mass is 79.9. The summed E-state index contributed by atoms with van der Waals surface area (Å²) in [6.45, 7) is 4.37. The van der Waals surface area contributed by atoms with Crippen LogP contribution >= 0.6 is 15.9 Å². The first-order valence-electron chi connectivity index (χ1n) is 7.44. The van der Waals surface area contributed by atoms with Gasteiger partial charge in [-0.2, -0.15) is 5.10 Å². The third kappa shape index (κ3) is 3.06. The number of aliphatic hydroxyl groups excluding tert-OH is 1. The Hall–Kier alpha value is -1.13. The number of aliphatic hydroxyl groups is 1. The highest BCUT2D eigenvalue weighted by molar-refractivity contribution is 9.10. The zero-order valence-electron chi connectivity index (χ0n) is 12.9. The average Bonchev–Trinajstić information content (AvgIpc) is 2.80. The Morgan fingerprint density at radius 1 is 1.24 bits per heavy atom. The highest BCUT2D eigenvalue weighted by Crippen LogP contribution is 2.34. The lowest BCUT2D eigenvalue weighted by Crippen LogP contribution is -2.33. The Kier molecular flexibility index (Phi) is 5.22. The molecule has 1 unspecified atom stereocenters. The minimum absolute atomic E-state index is 0.132. The van der Waals surface area contributed by atoms with Crippen molar-refractivity contribution in [3.8, 4) is 0 Å². The topological polar surface area (TPSA) is 38.0 Å². The fourth-order valence-electron chi connectivity index (χ4n) is 2.81. The summed E-state index contributed by atoms with van der Waals surface area (Å²) < 4.78 is 3.01. The van der Waals surface area contributed by atoms with Crippen molar-refractivity contribution in [2.75, 3.05) is 6.61 Å². The molecular formula is C17H23BrN2O. The van der Waals surface area contributed by atoms with Crippen molar-refractivity contribution >= 4 is 15.9 Å². The second kappa shape index (κ2) is 6.75. The summed E-state index contributed by atoms with van der Waals surface area (Å²) in [7, 11) is 1.97. The van der Waals surface area contributed by atoms with Gasteiger partial charge < -0.3 is 5.11 Å². The molecule has 0 aliphatic heterocycles. The minimum Gasteiger partial charge on any atom is -0.395 e. The molecule has 21 heavy (non-hydrogen) atoms. The van der Waals surface area contributed by atoms with Gasteiger partial charge in [-0.05, 0) is 34.3 Å². The van der Waals surface area contributed by atoms with Crippen LogP contribution in [-0.2, 0) is 25.3 Å². The summed E-state index contributed by atoms with van der Waals surface area (Å²) in [5.74, 6) is 0. The molecule has 0 radical (unpaired) electrons. The van der Waals surface area contributed by atoms with Gasteiger partial charge >= 0.3 is 0 Å². The molecule has 0 bridgehead atoms. The number of nitrogens with zero attached hydrogens (tertiary/aromatic N) is 2. The highest BCUT2D eigenvalue weighted by Gasteiger charge is 2.32. The maximum absolute atomic E-state index is 10.1. The summed E-state index contributed by atoms with van der Waals surface area (Å²) in [5, 5.41) is 14.7. The smallest absolute Gasteiger partial charge is 0.0766 e. The maximum atomic E-state index is 10.1. The first kappa shape index (κ1) is 16.2. The normalized spacial score (nSPS) is 14.1. The van der Waals surface area contributed by atoms with E-state index >= 15 is 0 Å². The van der Waals surface area contributed by atoms with Crippen LogP contribution in [-0.4, -0.2) is 21.5 Å². The third-order valence-corrected chi connectivity index (χ3v) is 5.29. The Bertz CT molecular complexity index is 588. The predicted octanol–water partition coefficient (Wildman–Crippen LogP) is 3.63. The van der Waals surface area contributed by atoms with E-state index in [-0.39, 0.29) is 12.0 Å². The molecule has 0 saturated heterocycles. The predicted molar refractivity (Wildman–Crippen MR) is 89.5 cm³/mol. The van der Waals surface area contributed by atoms with E-state index < -0.39 is 0 Å². The van der Waals surface area contributed by atoms with Gasteiger partial charge in [0.2, 0.25) is 0 Å². The largest absolute Gasteiger partial charge is 0.395 e. The molecule has 0 aliphatic rings. The van der Waals surface area contributed by atoms with Crippen molar-refractivity contribution in [3.05, 3.63) is 51.8 Å². The van der Waals surface area contributed by atoms with Gasteiger partial charge in [-0.1, -0.05) is 44.2 Å². The third-order valence-electron chi connectivity index (χ3n) is 4.37. The SMILES string of the molecule is CCc1nn(C)c(CC(CC)(CO)c2ccccc2)c1Br. The van der Waals surface area contributed by atoms with Crippen molar-refractivity contribution in [1.82, 2.24) is 9.78 Å². The van der Waals surface area contributed by atoms with Crippen LogP contribution in [0.5, 0.6) is 0 Å². The van der Waals surface area contributed by atoms with E-state index in [4.69, 9.17) is 0 Å². The average molecular weight is 351 g/mol. The minimum atomic E-state index is -0.261. The lowest BCUT2D eigenvalue weighted by molar-refractivity contribution is 0.184. The van der Waals surface area contributed by atoms with Crippen LogP contribution in [0.4, 0.5) is 0 Å². The lowest BCUT2D eigenvalue weighted by atomic mass is 9.75. The number of aryl methyl sites for hydroxylation is 2. The molecule has 1 aromatic heterocycles. The fraction of sp³-hybridized carbons (Fsp3) is 0.471. The van der Waals surface area contributed by atoms with Gasteiger partial charge in [-0.15, -0.1) is 0 Å². The van der Waals surface area contributed by atoms with Gasteiger partial charge in [0.1, 0.15) is 0 Å². The molecule has 2 rings (SSSR count). The Balaban J connectivity index is 2.44. The summed E-state index contributed by atoms with van der Waals surface area (Å²) in [5.41, 5.74) is 3.14. The Morgan fingerprint density at radius 2 is 1.90 bits per heavy atom. The van der Waals surface area contributed by atoms with Crippen LogP contribution in [0.25, 0.3) is 0 Å². The van der Waals surface area contributed by atoms with Crippen molar-refractivity contribution in [3.63, 3.8) is 0 Å². The molecule has 0 amide bonds. The van der Waals surface area contributed by atoms with Crippen LogP contribution in [0, 0.1) is 0 Å². The van der Waals surface area contributed by atoms with Gasteiger partial charge in [0.15, 0.2) is 0 Å². The molecule has 0 aliphatic carbocycles. The molecule has 2 aromatic rings. The van der Waals surface area contributed by atoms with E-state index in [1.165, 1.54) is 5.56 Å². The molecule has 1 heterocycles. The number of halogens is 1. The van der Waals surface area contributed by atoms with Gasteiger partial charge in [-0.3, -0.25) is 4.68 Å². The van der Waals surface area contributed by atoms with Crippen molar-refractivity contribution in [2.45, 2.75) is 38.5 Å². The molecule has 0 fully saturated rings. The molecule has 3 nitrogen and oxygen atoms in total. The molecule has 4 heteroatoms. The van der Waals surface area contributed by atoms with E-state index in [1.54, 1.807) is 0 Å². The summed E-state index contributed by atoms with van der Waals surface area (Å²) in [6.07, 6.45) is 2.55. The molecule has 1 N–H and O–H groups in total. The quantitative estimate of drug-likeness (QED) is 0.863. The van der Waals surface area contributed by atoms with Gasteiger partial charge in [0.25, 0.3) is 0 Å². The number of hydrogen-bond acceptors (Lipinski definition) is 2. The fourth-order valence-corrected chi connectivity index (χ4v) is 3.57. The number of hydrogen-bond donors (Lipinski definition) is 1. The standard InChI is InChI=1S/C17H23BrN2O/c1-4-14-16(18)15(20(3)19-14)11-17(5-2,12-21)13-9-7-6-8-10-13/h6-10,21H,4-5,11-12H2,1-3H3. The number of aromatic nitrogens is 2. The zero-order valence-corrected chi connectivity index (χ0v) is 14.5. The van der Waals surface area contributed by atoms with E-state index in [2.05, 4.69) is 47.0 Å². The maximum Gasteiger partial charge on any atom is 0.0766 e. The molecule has 0 saturated carbocycles. The molecular weight excluding hydrogens is 328 g/mol. The van der Waals surface area contributed by atoms with E-state index in [0.717, 1.165) is 35.1 Å². The van der Waals surface area contributed by atoms with Gasteiger partial charge in [-0.25, -0.2) is 0 Å². The summed E-state index contributed by atoms with van der Waals surface area (Å²) in [4.78, 5) is 0. The Labute approximate surface area is 135 Å². The van der Waals surface area contributed by atoms with Crippen molar-refractivity contribution < 1.29 is 5.11 Å². The van der Waals surface area contributed by atoms with Gasteiger partial charge in [0, 0.05) is 18.9 Å². The van der Waals surface area contributed by atoms with Crippen LogP contribution in [0.1, 0.15) is 37.2 Å². The van der Waals surface area contributed by atoms with E-state index in [0.29, 0.717) is 0 Å². The molecule has 1 atom stereocenters. The van der Waals surface area contributed by atoms with Gasteiger partial charge in [0.05, 0.1) is 22.5 Å². The first-order valence-corrected chi connectivity index (χ1v) is 8.24. The number of benzene rings is 1. The zero-order chi connectivity index (χ0) is 15.5. The second-order valence-corrected chi connectivity index (χ2v) is 6.31. The van der Waals surface area contributed by atoms with Crippen molar-refractivity contribution in [2.24, 2.45) is 7.05 Å². The molecule has 1 aromatic carbocycles. The van der Waals surface area contributed by atoms with E-state index in [1.807, 2.05) is 29.9 Å². The van der Waals surface area contributed by atoms with Crippen molar-refractivity contribution in [1.29, 1.82) is 0 Å². The molecule has 114 valence electrons. The first-order chi connectivity index (χ1) is 10.1. The monoisotopic (exact) mass is 350 g/mol. The van der Waals surface area contributed by atoms with Crippen LogP contribution in [0.2, 0.25) is 0 Å². The second-order valence-electron chi connectivity index (χ2n) is 5.52. The van der Waals surface area contributed by atoms with Crippen LogP contribution in [0.3, 0.4) is 0 Å². The number of rotatable bonds is 6. The van der Waals surface area contributed by atoms with Crippen LogP contribution < -0.4 is 0 Å². The summed E-state index contributed by atoms with van der Waals surface area (Å²) >= 11 is 3.68. The summed E-state index contributed by atoms with van der Waals surface area (Å²) in [6, 6.07) is 10.3. The van der Waals surface area contributed by atoms with E-state index in [9.17, 15) is 5.11 Å². The lowest BCUT2D eigenvalue weighted by Gasteiger charge is -2.31.